The first-order valence-corrected chi connectivity index (χ1v) is 8.25. The Balaban J connectivity index is 1.95. The van der Waals surface area contributed by atoms with Gasteiger partial charge in [-0.25, -0.2) is 0 Å². The first kappa shape index (κ1) is 16.2. The van der Waals surface area contributed by atoms with E-state index >= 15 is 0 Å². The maximum Gasteiger partial charge on any atom is 0.123 e. The van der Waals surface area contributed by atoms with Crippen LogP contribution in [0.25, 0.3) is 0 Å². The molecule has 1 aromatic carbocycles. The van der Waals surface area contributed by atoms with Gasteiger partial charge in [-0.05, 0) is 38.3 Å². The monoisotopic (exact) mass is 291 g/mol. The minimum absolute atomic E-state index is 0.347. The van der Waals surface area contributed by atoms with Gasteiger partial charge in [0, 0.05) is 24.2 Å². The van der Waals surface area contributed by atoms with E-state index in [4.69, 9.17) is 4.74 Å². The summed E-state index contributed by atoms with van der Waals surface area (Å²) in [5.41, 5.74) is 0.986. The van der Waals surface area contributed by atoms with E-state index in [2.05, 4.69) is 25.8 Å². The zero-order chi connectivity index (χ0) is 15.2. The molecule has 0 saturated heterocycles. The molecule has 0 aliphatic heterocycles. The lowest BCUT2D eigenvalue weighted by Gasteiger charge is -2.34. The van der Waals surface area contributed by atoms with Crippen LogP contribution in [-0.2, 0) is 6.54 Å². The Morgan fingerprint density at radius 2 is 2.14 bits per heavy atom. The van der Waals surface area contributed by atoms with E-state index in [1.807, 2.05) is 12.1 Å². The van der Waals surface area contributed by atoms with E-state index in [0.717, 1.165) is 30.2 Å². The molecular weight excluding hydrogens is 262 g/mol. The summed E-state index contributed by atoms with van der Waals surface area (Å²) >= 11 is 0. The van der Waals surface area contributed by atoms with Crippen LogP contribution in [0.2, 0.25) is 0 Å². The molecule has 0 bridgehead atoms. The normalized spacial score (nSPS) is 22.5. The van der Waals surface area contributed by atoms with Crippen LogP contribution < -0.4 is 4.74 Å². The van der Waals surface area contributed by atoms with Gasteiger partial charge >= 0.3 is 0 Å². The summed E-state index contributed by atoms with van der Waals surface area (Å²) in [7, 11) is 2.17. The van der Waals surface area contributed by atoms with Gasteiger partial charge in [0.2, 0.25) is 0 Å². The minimum Gasteiger partial charge on any atom is -0.507 e. The second-order valence-electron chi connectivity index (χ2n) is 6.48. The molecule has 2 atom stereocenters. The van der Waals surface area contributed by atoms with Crippen molar-refractivity contribution < 1.29 is 9.84 Å². The third-order valence-corrected chi connectivity index (χ3v) is 4.48. The number of hydrogen-bond donors (Lipinski definition) is 1. The third-order valence-electron chi connectivity index (χ3n) is 4.48. The maximum absolute atomic E-state index is 10.2. The zero-order valence-electron chi connectivity index (χ0n) is 13.6. The molecule has 0 heterocycles. The van der Waals surface area contributed by atoms with E-state index in [0.29, 0.717) is 18.4 Å². The smallest absolute Gasteiger partial charge is 0.123 e. The number of hydrogen-bond acceptors (Lipinski definition) is 3. The molecule has 0 spiro atoms. The fourth-order valence-electron chi connectivity index (χ4n) is 3.19. The van der Waals surface area contributed by atoms with Gasteiger partial charge < -0.3 is 9.84 Å². The standard InChI is InChI=1S/C18H29NO2/c1-4-10-21-17-9-8-15(18(20)12-17)13-19(3)16-7-5-6-14(2)11-16/h8-9,12,14,16,20H,4-7,10-11,13H2,1-3H3. The number of nitrogens with zero attached hydrogens (tertiary/aromatic N) is 1. The summed E-state index contributed by atoms with van der Waals surface area (Å²) < 4.78 is 5.55. The Bertz CT molecular complexity index is 447. The average molecular weight is 291 g/mol. The molecule has 1 saturated carbocycles. The predicted octanol–water partition coefficient (Wildman–Crippen LogP) is 4.19. The molecule has 1 N–H and O–H groups in total. The van der Waals surface area contributed by atoms with Crippen molar-refractivity contribution in [2.75, 3.05) is 13.7 Å². The summed E-state index contributed by atoms with van der Waals surface area (Å²) in [5, 5.41) is 10.2. The number of rotatable bonds is 6. The Kier molecular flexibility index (Phi) is 5.92. The highest BCUT2D eigenvalue weighted by molar-refractivity contribution is 5.39. The summed E-state index contributed by atoms with van der Waals surface area (Å²) in [6, 6.07) is 6.33. The largest absolute Gasteiger partial charge is 0.507 e. The van der Waals surface area contributed by atoms with E-state index in [1.54, 1.807) is 6.07 Å². The van der Waals surface area contributed by atoms with Crippen molar-refractivity contribution in [3.05, 3.63) is 23.8 Å². The molecule has 0 amide bonds. The number of phenolic OH excluding ortho intramolecular Hbond substituents is 1. The van der Waals surface area contributed by atoms with E-state index in [-0.39, 0.29) is 0 Å². The summed E-state index contributed by atoms with van der Waals surface area (Å²) in [5.74, 6) is 1.93. The molecule has 3 nitrogen and oxygen atoms in total. The van der Waals surface area contributed by atoms with Crippen molar-refractivity contribution in [2.24, 2.45) is 5.92 Å². The molecule has 1 aliphatic rings. The second-order valence-corrected chi connectivity index (χ2v) is 6.48. The molecule has 1 aromatic rings. The molecule has 2 unspecified atom stereocenters. The number of benzene rings is 1. The van der Waals surface area contributed by atoms with Gasteiger partial charge in [0.25, 0.3) is 0 Å². The number of aromatic hydroxyl groups is 1. The Morgan fingerprint density at radius 3 is 2.81 bits per heavy atom. The summed E-state index contributed by atoms with van der Waals surface area (Å²) in [4.78, 5) is 2.39. The van der Waals surface area contributed by atoms with Crippen LogP contribution in [0, 0.1) is 5.92 Å². The minimum atomic E-state index is 0.347. The highest BCUT2D eigenvalue weighted by atomic mass is 16.5. The Morgan fingerprint density at radius 1 is 1.33 bits per heavy atom. The highest BCUT2D eigenvalue weighted by Gasteiger charge is 2.22. The van der Waals surface area contributed by atoms with Crippen LogP contribution in [-0.4, -0.2) is 29.7 Å². The van der Waals surface area contributed by atoms with Crippen molar-refractivity contribution in [3.63, 3.8) is 0 Å². The fourth-order valence-corrected chi connectivity index (χ4v) is 3.19. The molecule has 1 aliphatic carbocycles. The molecule has 118 valence electrons. The van der Waals surface area contributed by atoms with Gasteiger partial charge in [0.15, 0.2) is 0 Å². The Labute approximate surface area is 128 Å². The van der Waals surface area contributed by atoms with E-state index in [1.165, 1.54) is 25.7 Å². The average Bonchev–Trinajstić information content (AvgIpc) is 2.47. The molecule has 0 aromatic heterocycles. The van der Waals surface area contributed by atoms with Crippen molar-refractivity contribution >= 4 is 0 Å². The topological polar surface area (TPSA) is 32.7 Å². The first-order chi connectivity index (χ1) is 10.1. The van der Waals surface area contributed by atoms with Crippen LogP contribution in [0.15, 0.2) is 18.2 Å². The van der Waals surface area contributed by atoms with Gasteiger partial charge in [-0.1, -0.05) is 32.8 Å². The fraction of sp³-hybridized carbons (Fsp3) is 0.667. The van der Waals surface area contributed by atoms with Gasteiger partial charge in [0.1, 0.15) is 11.5 Å². The lowest BCUT2D eigenvalue weighted by atomic mass is 9.86. The first-order valence-electron chi connectivity index (χ1n) is 8.25. The van der Waals surface area contributed by atoms with E-state index < -0.39 is 0 Å². The lowest BCUT2D eigenvalue weighted by molar-refractivity contribution is 0.156. The lowest BCUT2D eigenvalue weighted by Crippen LogP contribution is -2.35. The SMILES string of the molecule is CCCOc1ccc(CN(C)C2CCCC(C)C2)c(O)c1. The summed E-state index contributed by atoms with van der Waals surface area (Å²) in [6.45, 7) is 5.92. The molecule has 0 radical (unpaired) electrons. The van der Waals surface area contributed by atoms with Crippen LogP contribution in [0.1, 0.15) is 51.5 Å². The zero-order valence-corrected chi connectivity index (χ0v) is 13.6. The van der Waals surface area contributed by atoms with Crippen molar-refractivity contribution in [1.29, 1.82) is 0 Å². The van der Waals surface area contributed by atoms with Crippen molar-refractivity contribution in [2.45, 2.75) is 58.5 Å². The van der Waals surface area contributed by atoms with Crippen LogP contribution in [0.4, 0.5) is 0 Å². The summed E-state index contributed by atoms with van der Waals surface area (Å²) in [6.07, 6.45) is 6.21. The van der Waals surface area contributed by atoms with Gasteiger partial charge in [-0.15, -0.1) is 0 Å². The van der Waals surface area contributed by atoms with E-state index in [9.17, 15) is 5.11 Å². The Hall–Kier alpha value is -1.22. The third kappa shape index (κ3) is 4.63. The van der Waals surface area contributed by atoms with Crippen LogP contribution >= 0.6 is 0 Å². The van der Waals surface area contributed by atoms with Gasteiger partial charge in [-0.3, -0.25) is 4.90 Å². The van der Waals surface area contributed by atoms with Crippen molar-refractivity contribution in [3.8, 4) is 11.5 Å². The maximum atomic E-state index is 10.2. The predicted molar refractivity (Wildman–Crippen MR) is 86.8 cm³/mol. The number of ether oxygens (including phenoxy) is 1. The molecule has 1 fully saturated rings. The van der Waals surface area contributed by atoms with Gasteiger partial charge in [-0.2, -0.15) is 0 Å². The van der Waals surface area contributed by atoms with Crippen LogP contribution in [0.5, 0.6) is 11.5 Å². The second kappa shape index (κ2) is 7.69. The molecule has 3 heteroatoms. The molecule has 21 heavy (non-hydrogen) atoms. The quantitative estimate of drug-likeness (QED) is 0.853. The number of phenols is 1. The molecular formula is C18H29NO2. The molecule has 2 rings (SSSR count). The van der Waals surface area contributed by atoms with Crippen molar-refractivity contribution in [1.82, 2.24) is 4.90 Å². The van der Waals surface area contributed by atoms with Gasteiger partial charge in [0.05, 0.1) is 6.61 Å². The van der Waals surface area contributed by atoms with Crippen LogP contribution in [0.3, 0.4) is 0 Å². The highest BCUT2D eigenvalue weighted by Crippen LogP contribution is 2.30.